The van der Waals surface area contributed by atoms with Crippen LogP contribution in [-0.4, -0.2) is 43.9 Å². The van der Waals surface area contributed by atoms with E-state index >= 15 is 0 Å². The van der Waals surface area contributed by atoms with Crippen molar-refractivity contribution in [1.29, 1.82) is 0 Å². The average molecular weight is 353 g/mol. The van der Waals surface area contributed by atoms with Crippen LogP contribution in [0, 0.1) is 5.92 Å². The molecule has 0 spiro atoms. The molecule has 138 valence electrons. The monoisotopic (exact) mass is 353 g/mol. The van der Waals surface area contributed by atoms with Gasteiger partial charge in [-0.1, -0.05) is 37.3 Å². The van der Waals surface area contributed by atoms with Crippen LogP contribution in [0.4, 0.5) is 11.5 Å². The SMILES string of the molecule is C[C@H]1C[C@H](Cc2ccccc2)N(c2cc(N3CCOCC3)cc(=O)[nH]2)C1. The Labute approximate surface area is 154 Å². The fourth-order valence-electron chi connectivity index (χ4n) is 4.20. The van der Waals surface area contributed by atoms with E-state index in [2.05, 4.69) is 58.1 Å². The van der Waals surface area contributed by atoms with Gasteiger partial charge in [-0.05, 0) is 24.3 Å². The van der Waals surface area contributed by atoms with Gasteiger partial charge >= 0.3 is 0 Å². The molecular formula is C21H27N3O2. The van der Waals surface area contributed by atoms with Gasteiger partial charge in [0, 0.05) is 43.5 Å². The predicted molar refractivity (Wildman–Crippen MR) is 105 cm³/mol. The van der Waals surface area contributed by atoms with Gasteiger partial charge < -0.3 is 19.5 Å². The minimum atomic E-state index is -0.0259. The van der Waals surface area contributed by atoms with Gasteiger partial charge in [0.05, 0.1) is 13.2 Å². The van der Waals surface area contributed by atoms with Crippen LogP contribution >= 0.6 is 0 Å². The highest BCUT2D eigenvalue weighted by atomic mass is 16.5. The maximum atomic E-state index is 12.3. The number of benzene rings is 1. The summed E-state index contributed by atoms with van der Waals surface area (Å²) in [6, 6.07) is 14.9. The second-order valence-corrected chi connectivity index (χ2v) is 7.52. The van der Waals surface area contributed by atoms with Crippen molar-refractivity contribution in [1.82, 2.24) is 4.98 Å². The Morgan fingerprint density at radius 1 is 1.15 bits per heavy atom. The van der Waals surface area contributed by atoms with Crippen molar-refractivity contribution in [2.75, 3.05) is 42.6 Å². The van der Waals surface area contributed by atoms with Gasteiger partial charge in [-0.25, -0.2) is 0 Å². The molecule has 2 saturated heterocycles. The van der Waals surface area contributed by atoms with E-state index in [4.69, 9.17) is 4.74 Å². The first-order chi connectivity index (χ1) is 12.7. The first kappa shape index (κ1) is 17.2. The molecule has 0 radical (unpaired) electrons. The quantitative estimate of drug-likeness (QED) is 0.918. The number of morpholine rings is 1. The summed E-state index contributed by atoms with van der Waals surface area (Å²) < 4.78 is 5.44. The number of H-pyrrole nitrogens is 1. The smallest absolute Gasteiger partial charge is 0.251 e. The minimum absolute atomic E-state index is 0.0259. The van der Waals surface area contributed by atoms with E-state index in [1.807, 2.05) is 0 Å². The van der Waals surface area contributed by atoms with Gasteiger partial charge in [-0.2, -0.15) is 0 Å². The average Bonchev–Trinajstić information content (AvgIpc) is 3.03. The molecule has 0 bridgehead atoms. The Morgan fingerprint density at radius 3 is 2.69 bits per heavy atom. The lowest BCUT2D eigenvalue weighted by Crippen LogP contribution is -2.38. The number of nitrogens with one attached hydrogen (secondary N) is 1. The highest BCUT2D eigenvalue weighted by Crippen LogP contribution is 2.31. The number of ether oxygens (including phenoxy) is 1. The number of anilines is 2. The fraction of sp³-hybridized carbons (Fsp3) is 0.476. The second kappa shape index (κ2) is 7.54. The number of nitrogens with zero attached hydrogens (tertiary/aromatic N) is 2. The molecule has 26 heavy (non-hydrogen) atoms. The van der Waals surface area contributed by atoms with E-state index in [9.17, 15) is 4.79 Å². The molecule has 2 aromatic rings. The molecular weight excluding hydrogens is 326 g/mol. The first-order valence-electron chi connectivity index (χ1n) is 9.56. The molecule has 4 rings (SSSR count). The first-order valence-corrected chi connectivity index (χ1v) is 9.56. The minimum Gasteiger partial charge on any atom is -0.378 e. The van der Waals surface area contributed by atoms with E-state index in [1.54, 1.807) is 6.07 Å². The van der Waals surface area contributed by atoms with Crippen LogP contribution in [0.3, 0.4) is 0 Å². The zero-order valence-corrected chi connectivity index (χ0v) is 15.4. The number of hydrogen-bond donors (Lipinski definition) is 1. The fourth-order valence-corrected chi connectivity index (χ4v) is 4.20. The van der Waals surface area contributed by atoms with Crippen molar-refractivity contribution in [2.45, 2.75) is 25.8 Å². The lowest BCUT2D eigenvalue weighted by atomic mass is 10.0. The highest BCUT2D eigenvalue weighted by Gasteiger charge is 2.30. The van der Waals surface area contributed by atoms with Gasteiger partial charge in [-0.3, -0.25) is 4.79 Å². The number of hydrogen-bond acceptors (Lipinski definition) is 4. The maximum Gasteiger partial charge on any atom is 0.251 e. The van der Waals surface area contributed by atoms with E-state index in [0.717, 1.165) is 57.2 Å². The van der Waals surface area contributed by atoms with Crippen molar-refractivity contribution < 1.29 is 4.74 Å². The van der Waals surface area contributed by atoms with E-state index in [1.165, 1.54) is 5.56 Å². The topological polar surface area (TPSA) is 48.6 Å². The largest absolute Gasteiger partial charge is 0.378 e. The molecule has 2 aliphatic rings. The molecule has 0 aliphatic carbocycles. The van der Waals surface area contributed by atoms with Crippen LogP contribution in [0.1, 0.15) is 18.9 Å². The molecule has 1 aromatic heterocycles. The van der Waals surface area contributed by atoms with Crippen LogP contribution in [0.25, 0.3) is 0 Å². The van der Waals surface area contributed by atoms with Gasteiger partial charge in [0.15, 0.2) is 0 Å². The molecule has 0 saturated carbocycles. The summed E-state index contributed by atoms with van der Waals surface area (Å²) in [7, 11) is 0. The molecule has 3 heterocycles. The van der Waals surface area contributed by atoms with Gasteiger partial charge in [0.25, 0.3) is 5.56 Å². The van der Waals surface area contributed by atoms with Crippen molar-refractivity contribution in [3.63, 3.8) is 0 Å². The summed E-state index contributed by atoms with van der Waals surface area (Å²) in [5.74, 6) is 1.57. The van der Waals surface area contributed by atoms with Crippen LogP contribution < -0.4 is 15.4 Å². The van der Waals surface area contributed by atoms with Crippen LogP contribution in [0.15, 0.2) is 47.3 Å². The lowest BCUT2D eigenvalue weighted by Gasteiger charge is -2.31. The molecule has 2 fully saturated rings. The molecule has 5 heteroatoms. The molecule has 0 unspecified atom stereocenters. The highest BCUT2D eigenvalue weighted by molar-refractivity contribution is 5.56. The molecule has 5 nitrogen and oxygen atoms in total. The summed E-state index contributed by atoms with van der Waals surface area (Å²) >= 11 is 0. The summed E-state index contributed by atoms with van der Waals surface area (Å²) in [6.45, 7) is 6.40. The van der Waals surface area contributed by atoms with E-state index in [0.29, 0.717) is 12.0 Å². The van der Waals surface area contributed by atoms with Gasteiger partial charge in [0.1, 0.15) is 5.82 Å². The summed E-state index contributed by atoms with van der Waals surface area (Å²) in [5.41, 5.74) is 2.33. The summed E-state index contributed by atoms with van der Waals surface area (Å²) in [6.07, 6.45) is 2.16. The van der Waals surface area contributed by atoms with Crippen molar-refractivity contribution in [3.05, 3.63) is 58.4 Å². The Bertz CT molecular complexity index is 783. The Morgan fingerprint density at radius 2 is 1.92 bits per heavy atom. The Kier molecular flexibility index (Phi) is 4.98. The molecule has 1 N–H and O–H groups in total. The van der Waals surface area contributed by atoms with Gasteiger partial charge in [0.2, 0.25) is 0 Å². The van der Waals surface area contributed by atoms with Crippen molar-refractivity contribution >= 4 is 11.5 Å². The van der Waals surface area contributed by atoms with E-state index < -0.39 is 0 Å². The third-order valence-electron chi connectivity index (χ3n) is 5.44. The number of pyridine rings is 1. The summed E-state index contributed by atoms with van der Waals surface area (Å²) in [5, 5.41) is 0. The third kappa shape index (κ3) is 3.78. The molecule has 2 aliphatic heterocycles. The number of rotatable bonds is 4. The number of aromatic amines is 1. The standard InChI is InChI=1S/C21H27N3O2/c1-16-11-19(12-17-5-3-2-4-6-17)24(15-16)20-13-18(14-21(25)22-20)23-7-9-26-10-8-23/h2-6,13-14,16,19H,7-12,15H2,1H3,(H,22,25)/t16-,19+/m0/s1. The second-order valence-electron chi connectivity index (χ2n) is 7.52. The van der Waals surface area contributed by atoms with E-state index in [-0.39, 0.29) is 5.56 Å². The van der Waals surface area contributed by atoms with Crippen molar-refractivity contribution in [3.8, 4) is 0 Å². The molecule has 0 amide bonds. The number of aromatic nitrogens is 1. The predicted octanol–water partition coefficient (Wildman–Crippen LogP) is 2.67. The lowest BCUT2D eigenvalue weighted by molar-refractivity contribution is 0.122. The summed E-state index contributed by atoms with van der Waals surface area (Å²) in [4.78, 5) is 20.0. The van der Waals surface area contributed by atoms with Crippen molar-refractivity contribution in [2.24, 2.45) is 5.92 Å². The Hall–Kier alpha value is -2.27. The maximum absolute atomic E-state index is 12.3. The van der Waals surface area contributed by atoms with Crippen LogP contribution in [0.2, 0.25) is 0 Å². The van der Waals surface area contributed by atoms with Crippen LogP contribution in [0.5, 0.6) is 0 Å². The normalized spacial score (nSPS) is 23.4. The third-order valence-corrected chi connectivity index (χ3v) is 5.44. The Balaban J connectivity index is 1.60. The molecule has 2 atom stereocenters. The zero-order valence-electron chi connectivity index (χ0n) is 15.4. The van der Waals surface area contributed by atoms with Gasteiger partial charge in [-0.15, -0.1) is 0 Å². The molecule has 1 aromatic carbocycles. The zero-order chi connectivity index (χ0) is 17.9. The van der Waals surface area contributed by atoms with Crippen LogP contribution in [-0.2, 0) is 11.2 Å².